The average Bonchev–Trinajstić information content (AvgIpc) is 2.69. The minimum absolute atomic E-state index is 0.0752. The highest BCUT2D eigenvalue weighted by atomic mass is 16.5. The van der Waals surface area contributed by atoms with Crippen molar-refractivity contribution in [2.75, 3.05) is 0 Å². The van der Waals surface area contributed by atoms with Crippen LogP contribution in [0, 0.1) is 17.8 Å². The van der Waals surface area contributed by atoms with E-state index in [1.807, 2.05) is 6.08 Å². The van der Waals surface area contributed by atoms with Crippen molar-refractivity contribution >= 4 is 11.9 Å². The minimum Gasteiger partial charge on any atom is -0.478 e. The molecule has 0 aliphatic heterocycles. The van der Waals surface area contributed by atoms with Crippen LogP contribution in [-0.4, -0.2) is 23.1 Å². The Labute approximate surface area is 125 Å². The Morgan fingerprint density at radius 1 is 1.29 bits per heavy atom. The summed E-state index contributed by atoms with van der Waals surface area (Å²) in [5.41, 5.74) is 2.96. The fourth-order valence-electron chi connectivity index (χ4n) is 3.92. The highest BCUT2D eigenvalue weighted by Crippen LogP contribution is 2.49. The Morgan fingerprint density at radius 3 is 2.52 bits per heavy atom. The molecular weight excluding hydrogens is 268 g/mol. The van der Waals surface area contributed by atoms with Crippen molar-refractivity contribution in [3.05, 3.63) is 22.8 Å². The van der Waals surface area contributed by atoms with Gasteiger partial charge in [-0.1, -0.05) is 24.1 Å². The molecule has 4 atom stereocenters. The number of carbonyl (C=O) groups is 2. The molecule has 2 aliphatic rings. The van der Waals surface area contributed by atoms with Crippen molar-refractivity contribution in [1.29, 1.82) is 0 Å². The largest absolute Gasteiger partial charge is 0.478 e. The van der Waals surface area contributed by atoms with Gasteiger partial charge in [-0.25, -0.2) is 4.79 Å². The Balaban J connectivity index is 2.29. The van der Waals surface area contributed by atoms with Crippen LogP contribution in [0.5, 0.6) is 0 Å². The van der Waals surface area contributed by atoms with E-state index in [4.69, 9.17) is 9.84 Å². The molecule has 2 aliphatic carbocycles. The number of carboxylic acid groups (broad SMARTS) is 1. The number of hydrogen-bond donors (Lipinski definition) is 1. The molecule has 0 aromatic heterocycles. The lowest BCUT2D eigenvalue weighted by molar-refractivity contribution is -0.148. The second kappa shape index (κ2) is 6.04. The molecule has 0 amide bonds. The lowest BCUT2D eigenvalue weighted by atomic mass is 9.70. The van der Waals surface area contributed by atoms with Gasteiger partial charge in [-0.15, -0.1) is 0 Å². The Hall–Kier alpha value is -1.58. The van der Waals surface area contributed by atoms with Crippen LogP contribution in [0.1, 0.15) is 47.0 Å². The van der Waals surface area contributed by atoms with E-state index < -0.39 is 5.97 Å². The zero-order chi connectivity index (χ0) is 15.7. The smallest absolute Gasteiger partial charge is 0.330 e. The highest BCUT2D eigenvalue weighted by molar-refractivity contribution is 5.85. The number of hydrogen-bond acceptors (Lipinski definition) is 3. The topological polar surface area (TPSA) is 63.6 Å². The summed E-state index contributed by atoms with van der Waals surface area (Å²) in [6.45, 7) is 7.38. The van der Waals surface area contributed by atoms with Crippen LogP contribution >= 0.6 is 0 Å². The molecule has 0 bridgehead atoms. The molecule has 4 nitrogen and oxygen atoms in total. The molecular formula is C17H24O4. The molecule has 1 saturated carbocycles. The molecule has 1 fully saturated rings. The maximum atomic E-state index is 11.3. The van der Waals surface area contributed by atoms with Crippen molar-refractivity contribution in [1.82, 2.24) is 0 Å². The first-order chi connectivity index (χ1) is 9.81. The summed E-state index contributed by atoms with van der Waals surface area (Å²) in [6, 6.07) is 0. The second-order valence-electron chi connectivity index (χ2n) is 6.43. The summed E-state index contributed by atoms with van der Waals surface area (Å²) in [5.74, 6) is -0.219. The predicted octanol–water partition coefficient (Wildman–Crippen LogP) is 3.33. The van der Waals surface area contributed by atoms with Crippen LogP contribution < -0.4 is 0 Å². The summed E-state index contributed by atoms with van der Waals surface area (Å²) >= 11 is 0. The summed E-state index contributed by atoms with van der Waals surface area (Å²) in [4.78, 5) is 22.4. The monoisotopic (exact) mass is 292 g/mol. The van der Waals surface area contributed by atoms with E-state index in [2.05, 4.69) is 13.8 Å². The van der Waals surface area contributed by atoms with Gasteiger partial charge < -0.3 is 9.84 Å². The Morgan fingerprint density at radius 2 is 1.95 bits per heavy atom. The van der Waals surface area contributed by atoms with E-state index in [0.717, 1.165) is 19.3 Å². The normalized spacial score (nSPS) is 32.9. The first-order valence-electron chi connectivity index (χ1n) is 7.59. The predicted molar refractivity (Wildman–Crippen MR) is 79.6 cm³/mol. The maximum Gasteiger partial charge on any atom is 0.330 e. The molecule has 2 rings (SSSR count). The first kappa shape index (κ1) is 15.8. The SMILES string of the molecule is CC(=O)O[C@H]1CC(C)=C2[C@H]1[C@H](C)CC[C@H]2/C=C(\C)C(=O)O. The van der Waals surface area contributed by atoms with Gasteiger partial charge >= 0.3 is 11.9 Å². The van der Waals surface area contributed by atoms with Gasteiger partial charge in [0.15, 0.2) is 0 Å². The lowest BCUT2D eigenvalue weighted by Gasteiger charge is -2.36. The van der Waals surface area contributed by atoms with Crippen LogP contribution in [0.4, 0.5) is 0 Å². The van der Waals surface area contributed by atoms with Gasteiger partial charge in [0.1, 0.15) is 6.10 Å². The van der Waals surface area contributed by atoms with Crippen LogP contribution in [0.2, 0.25) is 0 Å². The molecule has 0 unspecified atom stereocenters. The van der Waals surface area contributed by atoms with E-state index in [0.29, 0.717) is 11.5 Å². The summed E-state index contributed by atoms with van der Waals surface area (Å²) < 4.78 is 5.50. The van der Waals surface area contributed by atoms with Gasteiger partial charge in [0.05, 0.1) is 0 Å². The molecule has 0 aromatic carbocycles. The molecule has 0 saturated heterocycles. The van der Waals surface area contributed by atoms with E-state index in [1.165, 1.54) is 18.1 Å². The standard InChI is InChI=1S/C17H24O4/c1-9-5-6-13(7-11(3)17(19)20)15-10(2)8-14(16(9)15)21-12(4)18/h7,9,13-14,16H,5-6,8H2,1-4H3,(H,19,20)/b11-7+/t9-,13+,14+,16+/m1/s1. The maximum absolute atomic E-state index is 11.3. The van der Waals surface area contributed by atoms with Gasteiger partial charge in [0.2, 0.25) is 0 Å². The van der Waals surface area contributed by atoms with Crippen molar-refractivity contribution in [2.24, 2.45) is 17.8 Å². The Bertz CT molecular complexity index is 515. The number of aliphatic carboxylic acids is 1. The molecule has 0 spiro atoms. The Kier molecular flexibility index (Phi) is 4.55. The van der Waals surface area contributed by atoms with Crippen LogP contribution in [0.15, 0.2) is 22.8 Å². The number of esters is 1. The van der Waals surface area contributed by atoms with Gasteiger partial charge in [0, 0.05) is 24.8 Å². The van der Waals surface area contributed by atoms with Gasteiger partial charge in [0.25, 0.3) is 0 Å². The second-order valence-corrected chi connectivity index (χ2v) is 6.43. The average molecular weight is 292 g/mol. The van der Waals surface area contributed by atoms with Crippen LogP contribution in [-0.2, 0) is 14.3 Å². The third-order valence-electron chi connectivity index (χ3n) is 4.81. The summed E-state index contributed by atoms with van der Waals surface area (Å²) in [7, 11) is 0. The fraction of sp³-hybridized carbons (Fsp3) is 0.647. The molecule has 21 heavy (non-hydrogen) atoms. The number of allylic oxidation sites excluding steroid dienone is 1. The first-order valence-corrected chi connectivity index (χ1v) is 7.59. The van der Waals surface area contributed by atoms with Crippen LogP contribution in [0.25, 0.3) is 0 Å². The molecule has 1 N–H and O–H groups in total. The van der Waals surface area contributed by atoms with E-state index in [-0.39, 0.29) is 23.9 Å². The van der Waals surface area contributed by atoms with Crippen molar-refractivity contribution in [3.63, 3.8) is 0 Å². The molecule has 0 radical (unpaired) electrons. The number of ether oxygens (including phenoxy) is 1. The lowest BCUT2D eigenvalue weighted by Crippen LogP contribution is -2.33. The highest BCUT2D eigenvalue weighted by Gasteiger charge is 2.43. The third kappa shape index (κ3) is 3.20. The van der Waals surface area contributed by atoms with Crippen molar-refractivity contribution in [3.8, 4) is 0 Å². The van der Waals surface area contributed by atoms with E-state index >= 15 is 0 Å². The molecule has 0 aromatic rings. The van der Waals surface area contributed by atoms with E-state index in [1.54, 1.807) is 6.92 Å². The summed E-state index contributed by atoms with van der Waals surface area (Å²) in [6.07, 6.45) is 4.58. The zero-order valence-corrected chi connectivity index (χ0v) is 13.2. The quantitative estimate of drug-likeness (QED) is 0.492. The van der Waals surface area contributed by atoms with Gasteiger partial charge in [-0.05, 0) is 38.5 Å². The van der Waals surface area contributed by atoms with Gasteiger partial charge in [-0.2, -0.15) is 0 Å². The molecule has 0 heterocycles. The number of carboxylic acids is 1. The van der Waals surface area contributed by atoms with E-state index in [9.17, 15) is 9.59 Å². The zero-order valence-electron chi connectivity index (χ0n) is 13.2. The summed E-state index contributed by atoms with van der Waals surface area (Å²) in [5, 5.41) is 9.09. The van der Waals surface area contributed by atoms with Gasteiger partial charge in [-0.3, -0.25) is 4.79 Å². The molecule has 116 valence electrons. The van der Waals surface area contributed by atoms with Crippen molar-refractivity contribution < 1.29 is 19.4 Å². The number of rotatable bonds is 3. The number of carbonyl (C=O) groups excluding carboxylic acids is 1. The van der Waals surface area contributed by atoms with Crippen molar-refractivity contribution in [2.45, 2.75) is 53.1 Å². The van der Waals surface area contributed by atoms with Crippen LogP contribution in [0.3, 0.4) is 0 Å². The molecule has 4 heteroatoms. The third-order valence-corrected chi connectivity index (χ3v) is 4.81. The number of fused-ring (bicyclic) bond motifs is 1. The fourth-order valence-corrected chi connectivity index (χ4v) is 3.92. The minimum atomic E-state index is -0.863.